The van der Waals surface area contributed by atoms with E-state index in [2.05, 4.69) is 0 Å². The molecule has 0 aromatic heterocycles. The predicted octanol–water partition coefficient (Wildman–Crippen LogP) is -3.92. The van der Waals surface area contributed by atoms with Gasteiger partial charge in [-0.2, -0.15) is 0 Å². The van der Waals surface area contributed by atoms with E-state index in [0.717, 1.165) is 13.0 Å². The first kappa shape index (κ1) is 13.1. The average Bonchev–Trinajstić information content (AvgIpc) is 1.63. The summed E-state index contributed by atoms with van der Waals surface area (Å²) < 4.78 is 0. The summed E-state index contributed by atoms with van der Waals surface area (Å²) in [6.45, 7) is 2.85. The molecule has 0 aromatic carbocycles. The van der Waals surface area contributed by atoms with Crippen molar-refractivity contribution in [2.75, 3.05) is 20.1 Å². The van der Waals surface area contributed by atoms with Crippen molar-refractivity contribution in [1.29, 1.82) is 0 Å². The van der Waals surface area contributed by atoms with Gasteiger partial charge in [-0.25, -0.2) is 0 Å². The van der Waals surface area contributed by atoms with Crippen LogP contribution in [0.5, 0.6) is 0 Å². The molecule has 4 heteroatoms. The predicted molar refractivity (Wildman–Crippen MR) is 32.8 cm³/mol. The molecule has 0 aromatic rings. The van der Waals surface area contributed by atoms with Gasteiger partial charge >= 0.3 is 29.6 Å². The number of carbonyl (C=O) groups excluding carboxylic acids is 1. The van der Waals surface area contributed by atoms with Crippen LogP contribution in [0.1, 0.15) is 13.3 Å². The van der Waals surface area contributed by atoms with E-state index in [1.54, 1.807) is 11.9 Å². The van der Waals surface area contributed by atoms with Gasteiger partial charge in [0.25, 0.3) is 0 Å². The molecule has 0 saturated heterocycles. The third-order valence-corrected chi connectivity index (χ3v) is 1.00. The van der Waals surface area contributed by atoms with Crippen LogP contribution in [0.15, 0.2) is 0 Å². The summed E-state index contributed by atoms with van der Waals surface area (Å²) in [7, 11) is 1.76. The Hall–Kier alpha value is 0.430. The quantitative estimate of drug-likeness (QED) is 0.388. The molecule has 54 valence electrons. The zero-order chi connectivity index (χ0) is 7.28. The number of likely N-dealkylation sites (N-methyl/N-ethyl adjacent to an activating group) is 1. The van der Waals surface area contributed by atoms with Crippen molar-refractivity contribution in [2.45, 2.75) is 13.3 Å². The summed E-state index contributed by atoms with van der Waals surface area (Å²) in [5.74, 6) is -1.01. The van der Waals surface area contributed by atoms with E-state index in [1.165, 1.54) is 0 Å². The maximum atomic E-state index is 9.93. The minimum absolute atomic E-state index is 0. The second-order valence-electron chi connectivity index (χ2n) is 2.11. The van der Waals surface area contributed by atoms with Crippen LogP contribution < -0.4 is 34.7 Å². The molecule has 3 nitrogen and oxygen atoms in total. The first-order valence-corrected chi connectivity index (χ1v) is 3.05. The summed E-state index contributed by atoms with van der Waals surface area (Å²) in [4.78, 5) is 11.6. The molecule has 0 bridgehead atoms. The average molecular weight is 153 g/mol. The van der Waals surface area contributed by atoms with Crippen LogP contribution in [0.4, 0.5) is 0 Å². The molecule has 0 spiro atoms. The number of rotatable bonds is 4. The standard InChI is InChI=1S/C6H13NO2.Na/c1-3-4-7(2)5-6(8)9;/h3-5H2,1-2H3,(H,8,9);/q;+1/p-1. The first-order chi connectivity index (χ1) is 4.16. The number of hydrogen-bond donors (Lipinski definition) is 0. The maximum absolute atomic E-state index is 9.93. The van der Waals surface area contributed by atoms with E-state index < -0.39 is 5.97 Å². The summed E-state index contributed by atoms with van der Waals surface area (Å²) >= 11 is 0. The zero-order valence-electron chi connectivity index (χ0n) is 6.89. The molecule has 0 amide bonds. The third-order valence-electron chi connectivity index (χ3n) is 1.00. The monoisotopic (exact) mass is 153 g/mol. The Morgan fingerprint density at radius 1 is 1.60 bits per heavy atom. The van der Waals surface area contributed by atoms with Crippen molar-refractivity contribution >= 4 is 5.97 Å². The van der Waals surface area contributed by atoms with Crippen LogP contribution in [0.2, 0.25) is 0 Å². The Morgan fingerprint density at radius 3 is 2.40 bits per heavy atom. The number of hydrogen-bond acceptors (Lipinski definition) is 3. The Balaban J connectivity index is 0. The van der Waals surface area contributed by atoms with E-state index in [9.17, 15) is 9.90 Å². The van der Waals surface area contributed by atoms with Crippen molar-refractivity contribution in [3.8, 4) is 0 Å². The van der Waals surface area contributed by atoms with Crippen LogP contribution in [-0.2, 0) is 4.79 Å². The van der Waals surface area contributed by atoms with Gasteiger partial charge in [0.2, 0.25) is 0 Å². The molecule has 0 N–H and O–H groups in total. The van der Waals surface area contributed by atoms with Crippen LogP contribution in [-0.4, -0.2) is 31.0 Å². The van der Waals surface area contributed by atoms with E-state index in [0.29, 0.717) is 0 Å². The molecular weight excluding hydrogens is 141 g/mol. The Labute approximate surface area is 83.7 Å². The van der Waals surface area contributed by atoms with Gasteiger partial charge in [0.05, 0.1) is 5.97 Å². The molecule has 10 heavy (non-hydrogen) atoms. The Bertz CT molecular complexity index is 97.7. The van der Waals surface area contributed by atoms with Gasteiger partial charge in [0, 0.05) is 6.54 Å². The van der Waals surface area contributed by atoms with Gasteiger partial charge < -0.3 is 14.8 Å². The minimum Gasteiger partial charge on any atom is -0.549 e. The van der Waals surface area contributed by atoms with Gasteiger partial charge in [-0.1, -0.05) is 6.92 Å². The van der Waals surface area contributed by atoms with E-state index in [1.807, 2.05) is 6.92 Å². The van der Waals surface area contributed by atoms with Gasteiger partial charge in [-0.05, 0) is 20.0 Å². The van der Waals surface area contributed by atoms with Gasteiger partial charge in [-0.3, -0.25) is 0 Å². The van der Waals surface area contributed by atoms with Gasteiger partial charge in [0.1, 0.15) is 0 Å². The number of aliphatic carboxylic acids is 1. The third kappa shape index (κ3) is 8.43. The van der Waals surface area contributed by atoms with Crippen molar-refractivity contribution in [3.05, 3.63) is 0 Å². The fourth-order valence-corrected chi connectivity index (χ4v) is 0.681. The molecule has 0 aliphatic carbocycles. The van der Waals surface area contributed by atoms with Gasteiger partial charge in [0.15, 0.2) is 0 Å². The largest absolute Gasteiger partial charge is 1.00 e. The maximum Gasteiger partial charge on any atom is 1.00 e. The zero-order valence-corrected chi connectivity index (χ0v) is 8.89. The molecule has 0 atom stereocenters. The first-order valence-electron chi connectivity index (χ1n) is 3.05. The van der Waals surface area contributed by atoms with Crippen molar-refractivity contribution in [1.82, 2.24) is 4.90 Å². The number of nitrogens with zero attached hydrogens (tertiary/aromatic N) is 1. The molecule has 0 saturated carbocycles. The molecule has 0 fully saturated rings. The van der Waals surface area contributed by atoms with Gasteiger partial charge in [-0.15, -0.1) is 0 Å². The van der Waals surface area contributed by atoms with Crippen LogP contribution in [0.3, 0.4) is 0 Å². The summed E-state index contributed by atoms with van der Waals surface area (Å²) in [6.07, 6.45) is 0.976. The number of carboxylic acid groups (broad SMARTS) is 1. The van der Waals surface area contributed by atoms with Crippen molar-refractivity contribution in [2.24, 2.45) is 0 Å². The molecule has 0 heterocycles. The fourth-order valence-electron chi connectivity index (χ4n) is 0.681. The fraction of sp³-hybridized carbons (Fsp3) is 0.833. The van der Waals surface area contributed by atoms with E-state index >= 15 is 0 Å². The summed E-state index contributed by atoms with van der Waals surface area (Å²) in [5.41, 5.74) is 0. The van der Waals surface area contributed by atoms with Crippen LogP contribution in [0, 0.1) is 0 Å². The smallest absolute Gasteiger partial charge is 0.549 e. The molecule has 0 radical (unpaired) electrons. The van der Waals surface area contributed by atoms with Crippen LogP contribution in [0.25, 0.3) is 0 Å². The minimum atomic E-state index is -1.01. The molecular formula is C6H12NNaO2. The SMILES string of the molecule is CCCN(C)CC(=O)[O-].[Na+]. The normalized spacial score (nSPS) is 9.10. The molecule has 0 aliphatic heterocycles. The van der Waals surface area contributed by atoms with Crippen molar-refractivity contribution in [3.63, 3.8) is 0 Å². The Morgan fingerprint density at radius 2 is 2.10 bits per heavy atom. The molecule has 0 aliphatic rings. The van der Waals surface area contributed by atoms with Crippen LogP contribution >= 0.6 is 0 Å². The summed E-state index contributed by atoms with van der Waals surface area (Å²) in [5, 5.41) is 9.93. The second kappa shape index (κ2) is 7.54. The topological polar surface area (TPSA) is 43.4 Å². The van der Waals surface area contributed by atoms with Crippen molar-refractivity contribution < 1.29 is 39.5 Å². The van der Waals surface area contributed by atoms with E-state index in [4.69, 9.17) is 0 Å². The molecule has 0 rings (SSSR count). The Kier molecular flexibility index (Phi) is 9.84. The molecule has 0 unspecified atom stereocenters. The number of carboxylic acids is 1. The number of carbonyl (C=O) groups is 1. The second-order valence-corrected chi connectivity index (χ2v) is 2.11. The van der Waals surface area contributed by atoms with E-state index in [-0.39, 0.29) is 36.1 Å². The summed E-state index contributed by atoms with van der Waals surface area (Å²) in [6, 6.07) is 0.